The Labute approximate surface area is 127 Å². The minimum Gasteiger partial charge on any atom is -0.494 e. The normalized spacial score (nSPS) is 21.6. The van der Waals surface area contributed by atoms with E-state index in [2.05, 4.69) is 54.1 Å². The monoisotopic (exact) mass is 294 g/mol. The second-order valence-electron chi connectivity index (χ2n) is 5.16. The number of nitrogens with zero attached hydrogens (tertiary/aromatic N) is 1. The summed E-state index contributed by atoms with van der Waals surface area (Å²) in [5.41, 5.74) is 1.33. The lowest BCUT2D eigenvalue weighted by molar-refractivity contribution is 0.216. The summed E-state index contributed by atoms with van der Waals surface area (Å²) in [4.78, 5) is 2.48. The second-order valence-corrected chi connectivity index (χ2v) is 6.31. The van der Waals surface area contributed by atoms with Crippen LogP contribution in [0.2, 0.25) is 0 Å². The lowest BCUT2D eigenvalue weighted by Crippen LogP contribution is -2.47. The Bertz CT molecular complexity index is 413. The van der Waals surface area contributed by atoms with Crippen LogP contribution in [-0.4, -0.2) is 49.2 Å². The fourth-order valence-electron chi connectivity index (χ4n) is 2.72. The first-order valence-corrected chi connectivity index (χ1v) is 8.65. The Morgan fingerprint density at radius 3 is 3.00 bits per heavy atom. The zero-order valence-corrected chi connectivity index (χ0v) is 13.6. The fraction of sp³-hybridized carbons (Fsp3) is 0.625. The van der Waals surface area contributed by atoms with Gasteiger partial charge in [-0.1, -0.05) is 19.1 Å². The summed E-state index contributed by atoms with van der Waals surface area (Å²) in [5.74, 6) is 3.40. The minimum atomic E-state index is 0.373. The van der Waals surface area contributed by atoms with Crippen molar-refractivity contribution in [1.29, 1.82) is 0 Å². The lowest BCUT2D eigenvalue weighted by Gasteiger charge is -2.38. The number of benzene rings is 1. The summed E-state index contributed by atoms with van der Waals surface area (Å²) >= 11 is 2.06. The van der Waals surface area contributed by atoms with Crippen LogP contribution in [0.25, 0.3) is 0 Å². The molecule has 0 aliphatic carbocycles. The van der Waals surface area contributed by atoms with Crippen molar-refractivity contribution in [2.75, 3.05) is 38.2 Å². The van der Waals surface area contributed by atoms with Gasteiger partial charge in [-0.05, 0) is 38.2 Å². The molecule has 1 aromatic carbocycles. The molecule has 3 nitrogen and oxygen atoms in total. The molecule has 1 heterocycles. The van der Waals surface area contributed by atoms with Gasteiger partial charge in [0, 0.05) is 30.1 Å². The smallest absolute Gasteiger partial charge is 0.119 e. The Morgan fingerprint density at radius 2 is 2.30 bits per heavy atom. The van der Waals surface area contributed by atoms with E-state index in [0.29, 0.717) is 18.7 Å². The number of thioether (sulfide) groups is 1. The molecule has 4 heteroatoms. The van der Waals surface area contributed by atoms with Gasteiger partial charge in [0.2, 0.25) is 0 Å². The van der Waals surface area contributed by atoms with Crippen LogP contribution >= 0.6 is 11.8 Å². The molecule has 0 radical (unpaired) electrons. The third-order valence-corrected chi connectivity index (χ3v) is 4.83. The zero-order chi connectivity index (χ0) is 14.4. The molecule has 0 aromatic heterocycles. The van der Waals surface area contributed by atoms with Crippen LogP contribution in [0.1, 0.15) is 25.5 Å². The number of rotatable bonds is 6. The predicted octanol–water partition coefficient (Wildman–Crippen LogP) is 2.78. The Kier molecular flexibility index (Phi) is 6.20. The largest absolute Gasteiger partial charge is 0.494 e. The van der Waals surface area contributed by atoms with E-state index < -0.39 is 0 Å². The molecule has 2 atom stereocenters. The van der Waals surface area contributed by atoms with Crippen LogP contribution in [0.5, 0.6) is 5.75 Å². The van der Waals surface area contributed by atoms with Gasteiger partial charge in [-0.25, -0.2) is 0 Å². The number of likely N-dealkylation sites (N-methyl/N-ethyl adjacent to an activating group) is 2. The van der Waals surface area contributed by atoms with Crippen molar-refractivity contribution in [3.05, 3.63) is 29.8 Å². The Hall–Kier alpha value is -0.710. The first kappa shape index (κ1) is 15.7. The van der Waals surface area contributed by atoms with E-state index in [9.17, 15) is 0 Å². The molecule has 0 saturated carbocycles. The molecule has 0 spiro atoms. The zero-order valence-electron chi connectivity index (χ0n) is 12.8. The maximum Gasteiger partial charge on any atom is 0.119 e. The number of hydrogen-bond donors (Lipinski definition) is 1. The van der Waals surface area contributed by atoms with Crippen molar-refractivity contribution in [2.24, 2.45) is 0 Å². The molecule has 0 amide bonds. The maximum atomic E-state index is 5.64. The topological polar surface area (TPSA) is 24.5 Å². The van der Waals surface area contributed by atoms with Gasteiger partial charge in [-0.2, -0.15) is 11.8 Å². The van der Waals surface area contributed by atoms with Gasteiger partial charge < -0.3 is 10.1 Å². The van der Waals surface area contributed by atoms with Gasteiger partial charge in [0.1, 0.15) is 5.75 Å². The molecule has 1 saturated heterocycles. The van der Waals surface area contributed by atoms with Crippen molar-refractivity contribution < 1.29 is 4.74 Å². The predicted molar refractivity (Wildman–Crippen MR) is 87.8 cm³/mol. The summed E-state index contributed by atoms with van der Waals surface area (Å²) < 4.78 is 5.64. The van der Waals surface area contributed by atoms with Crippen LogP contribution < -0.4 is 10.1 Å². The molecule has 112 valence electrons. The van der Waals surface area contributed by atoms with Gasteiger partial charge in [0.25, 0.3) is 0 Å². The van der Waals surface area contributed by atoms with Crippen LogP contribution in [0, 0.1) is 0 Å². The molecule has 1 fully saturated rings. The highest BCUT2D eigenvalue weighted by atomic mass is 32.2. The summed E-state index contributed by atoms with van der Waals surface area (Å²) in [5, 5.41) is 3.66. The molecular weight excluding hydrogens is 268 g/mol. The van der Waals surface area contributed by atoms with Crippen LogP contribution in [0.3, 0.4) is 0 Å². The quantitative estimate of drug-likeness (QED) is 0.872. The maximum absolute atomic E-state index is 5.64. The Morgan fingerprint density at radius 1 is 1.45 bits per heavy atom. The van der Waals surface area contributed by atoms with E-state index >= 15 is 0 Å². The van der Waals surface area contributed by atoms with Crippen LogP contribution in [0.15, 0.2) is 24.3 Å². The van der Waals surface area contributed by atoms with Crippen molar-refractivity contribution in [3.63, 3.8) is 0 Å². The average Bonchev–Trinajstić information content (AvgIpc) is 2.46. The summed E-state index contributed by atoms with van der Waals surface area (Å²) in [6, 6.07) is 9.45. The molecule has 1 aliphatic heterocycles. The molecule has 1 aromatic rings. The molecule has 20 heavy (non-hydrogen) atoms. The lowest BCUT2D eigenvalue weighted by atomic mass is 9.98. The molecule has 2 unspecified atom stereocenters. The van der Waals surface area contributed by atoms with Gasteiger partial charge in [0.15, 0.2) is 0 Å². The highest BCUT2D eigenvalue weighted by Crippen LogP contribution is 2.28. The van der Waals surface area contributed by atoms with Crippen LogP contribution in [0.4, 0.5) is 0 Å². The molecule has 2 rings (SSSR count). The number of nitrogens with one attached hydrogen (secondary N) is 1. The van der Waals surface area contributed by atoms with E-state index in [1.54, 1.807) is 0 Å². The van der Waals surface area contributed by atoms with E-state index in [-0.39, 0.29) is 0 Å². The van der Waals surface area contributed by atoms with E-state index in [1.165, 1.54) is 23.6 Å². The molecule has 1 N–H and O–H groups in total. The Balaban J connectivity index is 2.20. The number of hydrogen-bond acceptors (Lipinski definition) is 4. The first-order chi connectivity index (χ1) is 9.76. The van der Waals surface area contributed by atoms with E-state index in [1.807, 2.05) is 13.0 Å². The van der Waals surface area contributed by atoms with Gasteiger partial charge in [-0.3, -0.25) is 4.90 Å². The van der Waals surface area contributed by atoms with Crippen LogP contribution in [-0.2, 0) is 0 Å². The highest BCUT2D eigenvalue weighted by molar-refractivity contribution is 7.99. The SMILES string of the molecule is CCNC(c1cccc(OCC)c1)C1CSCCN1C. The minimum absolute atomic E-state index is 0.373. The first-order valence-electron chi connectivity index (χ1n) is 7.50. The van der Waals surface area contributed by atoms with Crippen molar-refractivity contribution in [1.82, 2.24) is 10.2 Å². The van der Waals surface area contributed by atoms with Gasteiger partial charge in [0.05, 0.1) is 6.61 Å². The molecule has 0 bridgehead atoms. The summed E-state index contributed by atoms with van der Waals surface area (Å²) in [7, 11) is 2.24. The third kappa shape index (κ3) is 3.90. The summed E-state index contributed by atoms with van der Waals surface area (Å²) in [6.07, 6.45) is 0. The van der Waals surface area contributed by atoms with Crippen molar-refractivity contribution in [2.45, 2.75) is 25.9 Å². The third-order valence-electron chi connectivity index (χ3n) is 3.78. The van der Waals surface area contributed by atoms with E-state index in [4.69, 9.17) is 4.74 Å². The second kappa shape index (κ2) is 7.91. The van der Waals surface area contributed by atoms with Crippen molar-refractivity contribution in [3.8, 4) is 5.75 Å². The fourth-order valence-corrected chi connectivity index (χ4v) is 3.99. The summed E-state index contributed by atoms with van der Waals surface area (Å²) in [6.45, 7) is 7.07. The highest BCUT2D eigenvalue weighted by Gasteiger charge is 2.28. The number of ether oxygens (including phenoxy) is 1. The van der Waals surface area contributed by atoms with Gasteiger partial charge in [-0.15, -0.1) is 0 Å². The van der Waals surface area contributed by atoms with E-state index in [0.717, 1.165) is 12.3 Å². The van der Waals surface area contributed by atoms with Crippen molar-refractivity contribution >= 4 is 11.8 Å². The molecule has 1 aliphatic rings. The standard InChI is InChI=1S/C16H26N2OS/c1-4-17-16(15-12-20-10-9-18(15)3)13-7-6-8-14(11-13)19-5-2/h6-8,11,15-17H,4-5,9-10,12H2,1-3H3. The molecular formula is C16H26N2OS. The van der Waals surface area contributed by atoms with Gasteiger partial charge >= 0.3 is 0 Å². The average molecular weight is 294 g/mol.